The van der Waals surface area contributed by atoms with Crippen LogP contribution < -0.4 is 9.64 Å². The van der Waals surface area contributed by atoms with E-state index in [2.05, 4.69) is 219 Å². The molecule has 0 amide bonds. The summed E-state index contributed by atoms with van der Waals surface area (Å²) in [5.74, 6) is 1.77. The largest absolute Gasteiger partial charge is 0.457 e. The van der Waals surface area contributed by atoms with E-state index < -0.39 is 5.41 Å². The quantitative estimate of drug-likeness (QED) is 0.178. The van der Waals surface area contributed by atoms with Crippen LogP contribution in [0.4, 0.5) is 17.1 Å². The molecule has 2 aliphatic carbocycles. The first-order valence-corrected chi connectivity index (χ1v) is 21.2. The van der Waals surface area contributed by atoms with Crippen LogP contribution in [0.5, 0.6) is 11.5 Å². The third-order valence-corrected chi connectivity index (χ3v) is 13.7. The Labute approximate surface area is 354 Å². The second-order valence-corrected chi connectivity index (χ2v) is 17.2. The van der Waals surface area contributed by atoms with Crippen molar-refractivity contribution < 1.29 is 9.15 Å². The summed E-state index contributed by atoms with van der Waals surface area (Å²) in [6.45, 7) is 4.70. The van der Waals surface area contributed by atoms with Crippen molar-refractivity contribution in [3.05, 3.63) is 234 Å². The Morgan fingerprint density at radius 3 is 1.75 bits per heavy atom. The first-order valence-electron chi connectivity index (χ1n) is 21.2. The fourth-order valence-corrected chi connectivity index (χ4v) is 11.2. The van der Waals surface area contributed by atoms with Crippen molar-refractivity contribution in [2.45, 2.75) is 24.7 Å². The fraction of sp³-hybridized carbons (Fsp3) is 0.0690. The molecule has 0 saturated heterocycles. The summed E-state index contributed by atoms with van der Waals surface area (Å²) in [7, 11) is 0. The van der Waals surface area contributed by atoms with Gasteiger partial charge in [-0.15, -0.1) is 0 Å². The van der Waals surface area contributed by atoms with Crippen LogP contribution in [0, 0.1) is 0 Å². The summed E-state index contributed by atoms with van der Waals surface area (Å²) in [5, 5.41) is 2.26. The van der Waals surface area contributed by atoms with Crippen LogP contribution in [0.1, 0.15) is 47.2 Å². The number of hydrogen-bond acceptors (Lipinski definition) is 3. The standard InChI is InChI=1S/C58H39NO2/c1-57(2)44-23-8-6-20-41(44)42-31-30-39(35-49(42)57)59(37-17-4-3-5-18-37)38-19-14-16-36(34-38)40-22-15-29-52-55(40)56-53(61-52)33-32-48-54(56)43-21-7-9-24-45(43)58(48)46-25-10-12-27-50(46)60-51-28-13-11-26-47(51)58/h3-35H,1-2H3. The second-order valence-electron chi connectivity index (χ2n) is 17.2. The second kappa shape index (κ2) is 12.5. The molecule has 1 spiro atoms. The van der Waals surface area contributed by atoms with E-state index in [1.54, 1.807) is 0 Å². The number of ether oxygens (including phenoxy) is 1. The van der Waals surface area contributed by atoms with Crippen LogP contribution >= 0.6 is 0 Å². The van der Waals surface area contributed by atoms with Crippen LogP contribution in [0.15, 0.2) is 205 Å². The minimum atomic E-state index is -0.564. The number of para-hydroxylation sites is 3. The van der Waals surface area contributed by atoms with Crippen molar-refractivity contribution in [1.29, 1.82) is 0 Å². The molecule has 3 aliphatic rings. The van der Waals surface area contributed by atoms with E-state index in [1.807, 2.05) is 0 Å². The van der Waals surface area contributed by atoms with Crippen molar-refractivity contribution >= 4 is 39.0 Å². The van der Waals surface area contributed by atoms with Crippen LogP contribution in [0.25, 0.3) is 55.3 Å². The highest BCUT2D eigenvalue weighted by molar-refractivity contribution is 6.20. The summed E-state index contributed by atoms with van der Waals surface area (Å²) in [6, 6.07) is 72.6. The molecule has 0 saturated carbocycles. The van der Waals surface area contributed by atoms with E-state index in [9.17, 15) is 0 Å². The molecule has 9 aromatic carbocycles. The van der Waals surface area contributed by atoms with Gasteiger partial charge in [-0.1, -0.05) is 153 Å². The number of benzene rings is 9. The maximum absolute atomic E-state index is 6.84. The van der Waals surface area contributed by atoms with E-state index in [1.165, 1.54) is 44.5 Å². The summed E-state index contributed by atoms with van der Waals surface area (Å²) < 4.78 is 13.5. The van der Waals surface area contributed by atoms with E-state index in [0.717, 1.165) is 72.8 Å². The highest BCUT2D eigenvalue weighted by Gasteiger charge is 2.51. The Kier molecular flexibility index (Phi) is 6.99. The van der Waals surface area contributed by atoms with Gasteiger partial charge in [0.1, 0.15) is 22.7 Å². The molecule has 2 heterocycles. The zero-order valence-corrected chi connectivity index (χ0v) is 33.8. The zero-order valence-electron chi connectivity index (χ0n) is 33.8. The molecule has 1 aromatic heterocycles. The lowest BCUT2D eigenvalue weighted by molar-refractivity contribution is 0.436. The van der Waals surface area contributed by atoms with Crippen LogP contribution in [0.2, 0.25) is 0 Å². The molecule has 3 nitrogen and oxygen atoms in total. The van der Waals surface area contributed by atoms with Crippen molar-refractivity contribution in [3.8, 4) is 44.9 Å². The third kappa shape index (κ3) is 4.58. The monoisotopic (exact) mass is 781 g/mol. The number of rotatable bonds is 4. The van der Waals surface area contributed by atoms with Gasteiger partial charge in [0.15, 0.2) is 0 Å². The highest BCUT2D eigenvalue weighted by atomic mass is 16.5. The Balaban J connectivity index is 1.04. The number of hydrogen-bond donors (Lipinski definition) is 0. The molecule has 61 heavy (non-hydrogen) atoms. The lowest BCUT2D eigenvalue weighted by Gasteiger charge is -2.39. The van der Waals surface area contributed by atoms with Crippen LogP contribution in [0.3, 0.4) is 0 Å². The molecule has 0 atom stereocenters. The van der Waals surface area contributed by atoms with Gasteiger partial charge in [-0.05, 0) is 116 Å². The number of fused-ring (bicyclic) bond motifs is 16. The minimum absolute atomic E-state index is 0.115. The van der Waals surface area contributed by atoms with Crippen molar-refractivity contribution in [2.24, 2.45) is 0 Å². The van der Waals surface area contributed by atoms with Gasteiger partial charge < -0.3 is 14.1 Å². The summed E-state index contributed by atoms with van der Waals surface area (Å²) >= 11 is 0. The van der Waals surface area contributed by atoms with Gasteiger partial charge in [-0.25, -0.2) is 0 Å². The topological polar surface area (TPSA) is 25.6 Å². The highest BCUT2D eigenvalue weighted by Crippen LogP contribution is 2.64. The first-order chi connectivity index (χ1) is 30.0. The molecular formula is C58H39NO2. The predicted molar refractivity (Wildman–Crippen MR) is 249 cm³/mol. The summed E-state index contributed by atoms with van der Waals surface area (Å²) in [6.07, 6.45) is 0. The Morgan fingerprint density at radius 2 is 0.967 bits per heavy atom. The molecule has 13 rings (SSSR count). The molecule has 288 valence electrons. The van der Waals surface area contributed by atoms with E-state index in [-0.39, 0.29) is 5.41 Å². The van der Waals surface area contributed by atoms with Gasteiger partial charge >= 0.3 is 0 Å². The van der Waals surface area contributed by atoms with Gasteiger partial charge in [-0.3, -0.25) is 0 Å². The smallest absolute Gasteiger partial charge is 0.136 e. The fourth-order valence-electron chi connectivity index (χ4n) is 11.2. The molecule has 0 radical (unpaired) electrons. The van der Waals surface area contributed by atoms with Crippen LogP contribution in [-0.2, 0) is 10.8 Å². The van der Waals surface area contributed by atoms with Crippen LogP contribution in [-0.4, -0.2) is 0 Å². The van der Waals surface area contributed by atoms with Gasteiger partial charge in [0.25, 0.3) is 0 Å². The molecule has 1 aliphatic heterocycles. The molecule has 3 heteroatoms. The lowest BCUT2D eigenvalue weighted by atomic mass is 9.66. The summed E-state index contributed by atoms with van der Waals surface area (Å²) in [4.78, 5) is 2.40. The molecule has 10 aromatic rings. The van der Waals surface area contributed by atoms with Gasteiger partial charge in [0.05, 0.1) is 5.41 Å². The van der Waals surface area contributed by atoms with Crippen molar-refractivity contribution in [1.82, 2.24) is 0 Å². The minimum Gasteiger partial charge on any atom is -0.457 e. The Hall–Kier alpha value is -7.62. The zero-order chi connectivity index (χ0) is 40.5. The van der Waals surface area contributed by atoms with Crippen molar-refractivity contribution in [2.75, 3.05) is 4.90 Å². The Bertz CT molecular complexity index is 3400. The van der Waals surface area contributed by atoms with Gasteiger partial charge in [0, 0.05) is 44.4 Å². The van der Waals surface area contributed by atoms with Crippen molar-refractivity contribution in [3.63, 3.8) is 0 Å². The van der Waals surface area contributed by atoms with E-state index in [4.69, 9.17) is 9.15 Å². The van der Waals surface area contributed by atoms with Gasteiger partial charge in [-0.2, -0.15) is 0 Å². The SMILES string of the molecule is CC1(C)c2ccccc2-c2ccc(N(c3ccccc3)c3cccc(-c4cccc5oc6ccc7c(c6c45)-c4ccccc4C74c5ccccc5Oc5ccccc54)c3)cc21. The molecule has 0 bridgehead atoms. The molecule has 0 N–H and O–H groups in total. The first kappa shape index (κ1) is 34.3. The summed E-state index contributed by atoms with van der Waals surface area (Å²) in [5.41, 5.74) is 19.3. The molecule has 0 unspecified atom stereocenters. The predicted octanol–water partition coefficient (Wildman–Crippen LogP) is 15.5. The maximum Gasteiger partial charge on any atom is 0.136 e. The Morgan fingerprint density at radius 1 is 0.377 bits per heavy atom. The third-order valence-electron chi connectivity index (χ3n) is 13.7. The number of furan rings is 1. The molecule has 0 fully saturated rings. The number of anilines is 3. The van der Waals surface area contributed by atoms with Gasteiger partial charge in [0.2, 0.25) is 0 Å². The maximum atomic E-state index is 6.84. The van der Waals surface area contributed by atoms with E-state index >= 15 is 0 Å². The normalized spacial score (nSPS) is 14.5. The number of nitrogens with zero attached hydrogens (tertiary/aromatic N) is 1. The van der Waals surface area contributed by atoms with E-state index in [0.29, 0.717) is 0 Å². The average molecular weight is 782 g/mol. The average Bonchev–Trinajstić information content (AvgIpc) is 3.91. The lowest BCUT2D eigenvalue weighted by Crippen LogP contribution is -2.32. The molecular weight excluding hydrogens is 743 g/mol.